The van der Waals surface area contributed by atoms with Crippen LogP contribution < -0.4 is 11.1 Å². The van der Waals surface area contributed by atoms with Crippen LogP contribution in [0.2, 0.25) is 0 Å². The van der Waals surface area contributed by atoms with Crippen molar-refractivity contribution >= 4 is 28.2 Å². The van der Waals surface area contributed by atoms with E-state index in [-0.39, 0.29) is 12.3 Å². The molecular formula is C17H15N3O. The van der Waals surface area contributed by atoms with Crippen molar-refractivity contribution in [2.24, 2.45) is 5.73 Å². The number of para-hydroxylation sites is 2. The van der Waals surface area contributed by atoms with Crippen molar-refractivity contribution in [3.63, 3.8) is 0 Å². The number of aromatic nitrogens is 1. The van der Waals surface area contributed by atoms with Crippen molar-refractivity contribution < 1.29 is 4.79 Å². The number of fused-ring (bicyclic) bond motifs is 1. The largest absolute Gasteiger partial charge is 0.369 e. The van der Waals surface area contributed by atoms with E-state index in [4.69, 9.17) is 5.73 Å². The van der Waals surface area contributed by atoms with E-state index in [1.807, 2.05) is 54.6 Å². The van der Waals surface area contributed by atoms with Crippen LogP contribution >= 0.6 is 0 Å². The number of nitrogens with two attached hydrogens (primary N) is 1. The van der Waals surface area contributed by atoms with Gasteiger partial charge >= 0.3 is 0 Å². The molecule has 0 aliphatic heterocycles. The van der Waals surface area contributed by atoms with Crippen LogP contribution in [0.3, 0.4) is 0 Å². The van der Waals surface area contributed by atoms with Gasteiger partial charge in [0.05, 0.1) is 17.6 Å². The highest BCUT2D eigenvalue weighted by Gasteiger charge is 2.11. The van der Waals surface area contributed by atoms with Crippen LogP contribution in [0.25, 0.3) is 10.9 Å². The molecule has 0 fully saturated rings. The molecule has 1 aromatic heterocycles. The van der Waals surface area contributed by atoms with Crippen LogP contribution in [0.1, 0.15) is 5.56 Å². The number of benzene rings is 2. The summed E-state index contributed by atoms with van der Waals surface area (Å²) in [6.45, 7) is 0. The minimum atomic E-state index is -0.372. The van der Waals surface area contributed by atoms with Gasteiger partial charge in [-0.25, -0.2) is 0 Å². The van der Waals surface area contributed by atoms with E-state index < -0.39 is 0 Å². The highest BCUT2D eigenvalue weighted by atomic mass is 16.1. The average Bonchev–Trinajstić information content (AvgIpc) is 2.50. The van der Waals surface area contributed by atoms with Gasteiger partial charge in [-0.1, -0.05) is 36.4 Å². The summed E-state index contributed by atoms with van der Waals surface area (Å²) >= 11 is 0. The Kier molecular flexibility index (Phi) is 3.51. The summed E-state index contributed by atoms with van der Waals surface area (Å²) in [4.78, 5) is 15.7. The minimum Gasteiger partial charge on any atom is -0.369 e. The first-order valence-electron chi connectivity index (χ1n) is 6.71. The number of hydrogen-bond acceptors (Lipinski definition) is 3. The predicted octanol–water partition coefficient (Wildman–Crippen LogP) is 3.01. The Bertz CT molecular complexity index is 784. The molecule has 0 saturated carbocycles. The molecule has 0 aliphatic carbocycles. The number of carbonyl (C=O) groups is 1. The summed E-state index contributed by atoms with van der Waals surface area (Å²) in [6.07, 6.45) is 1.87. The van der Waals surface area contributed by atoms with Gasteiger partial charge < -0.3 is 11.1 Å². The lowest BCUT2D eigenvalue weighted by molar-refractivity contribution is -0.117. The van der Waals surface area contributed by atoms with Crippen molar-refractivity contribution in [1.29, 1.82) is 0 Å². The summed E-state index contributed by atoms with van der Waals surface area (Å²) in [5.74, 6) is -0.372. The second kappa shape index (κ2) is 5.63. The number of pyridine rings is 1. The fourth-order valence-electron chi connectivity index (χ4n) is 2.32. The van der Waals surface area contributed by atoms with Gasteiger partial charge in [-0.2, -0.15) is 0 Å². The molecule has 0 radical (unpaired) electrons. The first-order chi connectivity index (χ1) is 10.2. The van der Waals surface area contributed by atoms with E-state index in [1.54, 1.807) is 6.20 Å². The molecule has 0 aliphatic rings. The summed E-state index contributed by atoms with van der Waals surface area (Å²) in [5.41, 5.74) is 8.85. The Morgan fingerprint density at radius 1 is 1.05 bits per heavy atom. The smallest absolute Gasteiger partial charge is 0.221 e. The topological polar surface area (TPSA) is 68.0 Å². The van der Waals surface area contributed by atoms with Crippen LogP contribution in [0, 0.1) is 0 Å². The number of nitrogens with one attached hydrogen (secondary N) is 1. The maximum Gasteiger partial charge on any atom is 0.221 e. The Morgan fingerprint density at radius 3 is 2.52 bits per heavy atom. The summed E-state index contributed by atoms with van der Waals surface area (Å²) in [6, 6.07) is 17.6. The van der Waals surface area contributed by atoms with E-state index in [2.05, 4.69) is 10.3 Å². The Balaban J connectivity index is 2.13. The molecule has 2 aromatic carbocycles. The van der Waals surface area contributed by atoms with Gasteiger partial charge in [-0.15, -0.1) is 0 Å². The maximum absolute atomic E-state index is 11.3. The third kappa shape index (κ3) is 2.84. The monoisotopic (exact) mass is 277 g/mol. The lowest BCUT2D eigenvalue weighted by Gasteiger charge is -2.14. The molecule has 1 amide bonds. The molecule has 21 heavy (non-hydrogen) atoms. The zero-order valence-corrected chi connectivity index (χ0v) is 11.4. The molecule has 104 valence electrons. The summed E-state index contributed by atoms with van der Waals surface area (Å²) in [7, 11) is 0. The number of anilines is 2. The molecule has 3 rings (SSSR count). The third-order valence-corrected chi connectivity index (χ3v) is 3.26. The number of hydrogen-bond donors (Lipinski definition) is 2. The van der Waals surface area contributed by atoms with Crippen molar-refractivity contribution in [1.82, 2.24) is 4.98 Å². The van der Waals surface area contributed by atoms with Gasteiger partial charge in [0.1, 0.15) is 0 Å². The van der Waals surface area contributed by atoms with Gasteiger partial charge in [-0.05, 0) is 18.2 Å². The quantitative estimate of drug-likeness (QED) is 0.770. The number of rotatable bonds is 4. The zero-order valence-electron chi connectivity index (χ0n) is 11.4. The van der Waals surface area contributed by atoms with Gasteiger partial charge in [0.25, 0.3) is 0 Å². The standard InChI is InChI=1S/C17H15N3O/c18-16(21)10-12-11-19-15-9-5-4-8-14(15)17(12)20-13-6-2-1-3-7-13/h1-9,11H,10H2,(H2,18,21)(H,19,20). The zero-order chi connectivity index (χ0) is 14.7. The molecule has 3 N–H and O–H groups in total. The second-order valence-corrected chi connectivity index (χ2v) is 4.81. The van der Waals surface area contributed by atoms with Crippen molar-refractivity contribution in [3.8, 4) is 0 Å². The second-order valence-electron chi connectivity index (χ2n) is 4.81. The summed E-state index contributed by atoms with van der Waals surface area (Å²) < 4.78 is 0. The van der Waals surface area contributed by atoms with Crippen LogP contribution in [0.15, 0.2) is 60.8 Å². The lowest BCUT2D eigenvalue weighted by atomic mass is 10.1. The highest BCUT2D eigenvalue weighted by Crippen LogP contribution is 2.29. The SMILES string of the molecule is NC(=O)Cc1cnc2ccccc2c1Nc1ccccc1. The van der Waals surface area contributed by atoms with Gasteiger partial charge in [-0.3, -0.25) is 9.78 Å². The van der Waals surface area contributed by atoms with Gasteiger partial charge in [0.15, 0.2) is 0 Å². The highest BCUT2D eigenvalue weighted by molar-refractivity contribution is 5.96. The lowest BCUT2D eigenvalue weighted by Crippen LogP contribution is -2.15. The van der Waals surface area contributed by atoms with Crippen LogP contribution in [0.5, 0.6) is 0 Å². The fraction of sp³-hybridized carbons (Fsp3) is 0.0588. The van der Waals surface area contributed by atoms with E-state index in [9.17, 15) is 4.79 Å². The molecule has 4 heteroatoms. The molecule has 0 spiro atoms. The number of nitrogens with zero attached hydrogens (tertiary/aromatic N) is 1. The molecule has 0 atom stereocenters. The Labute approximate surface area is 122 Å². The van der Waals surface area contributed by atoms with E-state index in [1.165, 1.54) is 0 Å². The predicted molar refractivity (Wildman–Crippen MR) is 84.4 cm³/mol. The fourth-order valence-corrected chi connectivity index (χ4v) is 2.32. The molecule has 0 saturated heterocycles. The van der Waals surface area contributed by atoms with Crippen molar-refractivity contribution in [3.05, 3.63) is 66.4 Å². The molecule has 0 bridgehead atoms. The van der Waals surface area contributed by atoms with Gasteiger partial charge in [0, 0.05) is 22.8 Å². The normalized spacial score (nSPS) is 10.5. The average molecular weight is 277 g/mol. The molecule has 4 nitrogen and oxygen atoms in total. The Morgan fingerprint density at radius 2 is 1.76 bits per heavy atom. The number of carbonyl (C=O) groups excluding carboxylic acids is 1. The first-order valence-corrected chi connectivity index (χ1v) is 6.71. The maximum atomic E-state index is 11.3. The van der Waals surface area contributed by atoms with Gasteiger partial charge in [0.2, 0.25) is 5.91 Å². The minimum absolute atomic E-state index is 0.160. The Hall–Kier alpha value is -2.88. The molecular weight excluding hydrogens is 262 g/mol. The number of primary amides is 1. The van der Waals surface area contributed by atoms with E-state index in [0.29, 0.717) is 0 Å². The molecule has 1 heterocycles. The van der Waals surface area contributed by atoms with E-state index >= 15 is 0 Å². The van der Waals surface area contributed by atoms with Crippen LogP contribution in [-0.4, -0.2) is 10.9 Å². The van der Waals surface area contributed by atoms with Crippen molar-refractivity contribution in [2.45, 2.75) is 6.42 Å². The molecule has 3 aromatic rings. The molecule has 0 unspecified atom stereocenters. The number of amides is 1. The van der Waals surface area contributed by atoms with Crippen LogP contribution in [0.4, 0.5) is 11.4 Å². The first kappa shape index (κ1) is 13.1. The van der Waals surface area contributed by atoms with E-state index in [0.717, 1.165) is 27.8 Å². The van der Waals surface area contributed by atoms with Crippen molar-refractivity contribution in [2.75, 3.05) is 5.32 Å². The third-order valence-electron chi connectivity index (χ3n) is 3.26. The summed E-state index contributed by atoms with van der Waals surface area (Å²) in [5, 5.41) is 4.35. The van der Waals surface area contributed by atoms with Crippen LogP contribution in [-0.2, 0) is 11.2 Å².